The molecule has 1 N–H and O–H groups in total. The van der Waals surface area contributed by atoms with Gasteiger partial charge in [-0.2, -0.15) is 0 Å². The minimum Gasteiger partial charge on any atom is -0.388 e. The fraction of sp³-hybridized carbons (Fsp3) is 1.00. The van der Waals surface area contributed by atoms with Crippen molar-refractivity contribution in [3.05, 3.63) is 0 Å². The van der Waals surface area contributed by atoms with Gasteiger partial charge < -0.3 is 14.6 Å². The average Bonchev–Trinajstić information content (AvgIpc) is 2.40. The summed E-state index contributed by atoms with van der Waals surface area (Å²) >= 11 is 0. The lowest BCUT2D eigenvalue weighted by molar-refractivity contribution is -0.0859. The predicted octanol–water partition coefficient (Wildman–Crippen LogP) is 0.951. The second kappa shape index (κ2) is 3.73. The highest BCUT2D eigenvalue weighted by Gasteiger charge is 2.47. The molecule has 1 rings (SSSR count). The van der Waals surface area contributed by atoms with E-state index in [-0.39, 0.29) is 6.10 Å². The molecule has 0 aromatic rings. The Morgan fingerprint density at radius 2 is 2.25 bits per heavy atom. The summed E-state index contributed by atoms with van der Waals surface area (Å²) in [6.45, 7) is 3.10. The SMILES string of the molecule is [3H][C@@H]1OC(CC)(CC)[C@@H](OC)[C@@H]1O. The van der Waals surface area contributed by atoms with Gasteiger partial charge in [0, 0.05) is 7.11 Å². The van der Waals surface area contributed by atoms with Gasteiger partial charge in [-0.25, -0.2) is 0 Å². The highest BCUT2D eigenvalue weighted by molar-refractivity contribution is 4.96. The van der Waals surface area contributed by atoms with E-state index in [2.05, 4.69) is 0 Å². The number of ether oxygens (including phenoxy) is 2. The summed E-state index contributed by atoms with van der Waals surface area (Å²) in [6, 6.07) is 0. The van der Waals surface area contributed by atoms with E-state index < -0.39 is 18.3 Å². The molecule has 3 nitrogen and oxygen atoms in total. The van der Waals surface area contributed by atoms with Crippen molar-refractivity contribution in [3.63, 3.8) is 0 Å². The van der Waals surface area contributed by atoms with Crippen molar-refractivity contribution in [2.45, 2.75) is 44.5 Å². The van der Waals surface area contributed by atoms with Crippen molar-refractivity contribution < 1.29 is 16.0 Å². The molecule has 0 saturated carbocycles. The van der Waals surface area contributed by atoms with Crippen molar-refractivity contribution in [1.82, 2.24) is 0 Å². The van der Waals surface area contributed by atoms with Crippen LogP contribution in [0.1, 0.15) is 28.1 Å². The molecule has 12 heavy (non-hydrogen) atoms. The summed E-state index contributed by atoms with van der Waals surface area (Å²) in [6.07, 6.45) is 0.318. The second-order valence-corrected chi connectivity index (χ2v) is 3.17. The molecule has 1 aliphatic rings. The zero-order valence-electron chi connectivity index (χ0n) is 8.91. The molecule has 0 aromatic heterocycles. The molecule has 0 amide bonds. The van der Waals surface area contributed by atoms with Crippen LogP contribution < -0.4 is 0 Å². The number of methoxy groups -OCH3 is 1. The third-order valence-corrected chi connectivity index (χ3v) is 2.72. The van der Waals surface area contributed by atoms with E-state index in [0.29, 0.717) is 0 Å². The first-order chi connectivity index (χ1) is 6.11. The number of aliphatic hydroxyl groups excluding tert-OH is 1. The molecule has 3 heteroatoms. The third kappa shape index (κ3) is 1.37. The maximum Gasteiger partial charge on any atom is 0.114 e. The van der Waals surface area contributed by atoms with E-state index in [1.165, 1.54) is 0 Å². The topological polar surface area (TPSA) is 38.7 Å². The number of aliphatic hydroxyl groups is 1. The summed E-state index contributed by atoms with van der Waals surface area (Å²) in [5.41, 5.74) is -0.472. The van der Waals surface area contributed by atoms with Crippen molar-refractivity contribution in [2.75, 3.05) is 13.7 Å². The highest BCUT2D eigenvalue weighted by atomic mass is 16.6. The summed E-state index contributed by atoms with van der Waals surface area (Å²) in [7, 11) is 1.55. The predicted molar refractivity (Wildman–Crippen MR) is 46.1 cm³/mol. The van der Waals surface area contributed by atoms with Crippen LogP contribution in [0.25, 0.3) is 0 Å². The largest absolute Gasteiger partial charge is 0.388 e. The van der Waals surface area contributed by atoms with Crippen LogP contribution >= 0.6 is 0 Å². The highest BCUT2D eigenvalue weighted by Crippen LogP contribution is 2.34. The monoisotopic (exact) mass is 176 g/mol. The zero-order chi connectivity index (χ0) is 10.1. The van der Waals surface area contributed by atoms with Gasteiger partial charge in [0.2, 0.25) is 0 Å². The molecule has 0 aliphatic carbocycles. The fourth-order valence-corrected chi connectivity index (χ4v) is 1.83. The van der Waals surface area contributed by atoms with Crippen molar-refractivity contribution in [1.29, 1.82) is 0 Å². The van der Waals surface area contributed by atoms with Crippen molar-refractivity contribution in [3.8, 4) is 0 Å². The Morgan fingerprint density at radius 3 is 2.58 bits per heavy atom. The Balaban J connectivity index is 2.85. The summed E-state index contributed by atoms with van der Waals surface area (Å²) < 4.78 is 18.1. The van der Waals surface area contributed by atoms with Gasteiger partial charge >= 0.3 is 0 Å². The van der Waals surface area contributed by atoms with E-state index in [4.69, 9.17) is 10.8 Å². The number of rotatable bonds is 3. The van der Waals surface area contributed by atoms with E-state index in [1.807, 2.05) is 13.8 Å². The molecular weight excluding hydrogens is 156 g/mol. The molecule has 0 unspecified atom stereocenters. The maximum atomic E-state index is 9.62. The van der Waals surface area contributed by atoms with Crippen LogP contribution in [0.15, 0.2) is 0 Å². The second-order valence-electron chi connectivity index (χ2n) is 3.17. The zero-order valence-corrected chi connectivity index (χ0v) is 7.91. The molecule has 3 atom stereocenters. The van der Waals surface area contributed by atoms with Gasteiger partial charge in [-0.3, -0.25) is 0 Å². The van der Waals surface area contributed by atoms with E-state index in [9.17, 15) is 5.11 Å². The standard InChI is InChI=1S/C9H18O3/c1-4-9(5-2)8(11-3)7(10)6-12-9/h7-8,10H,4-6H2,1-3H3/t7-,8+/m1/s1/i6T/t6-,7+,8-/m0. The molecular formula is C9H18O3. The molecule has 0 spiro atoms. The van der Waals surface area contributed by atoms with Gasteiger partial charge in [0.25, 0.3) is 0 Å². The van der Waals surface area contributed by atoms with Gasteiger partial charge in [0.05, 0.1) is 13.6 Å². The first-order valence-electron chi connectivity index (χ1n) is 5.00. The summed E-state index contributed by atoms with van der Waals surface area (Å²) in [4.78, 5) is 0. The lowest BCUT2D eigenvalue weighted by Crippen LogP contribution is -2.43. The molecule has 1 aliphatic heterocycles. The van der Waals surface area contributed by atoms with Crippen LogP contribution in [-0.4, -0.2) is 36.6 Å². The number of hydrogen-bond acceptors (Lipinski definition) is 3. The molecule has 0 bridgehead atoms. The molecule has 1 fully saturated rings. The molecule has 1 heterocycles. The minimum atomic E-state index is -0.871. The molecule has 0 aromatic carbocycles. The first kappa shape index (κ1) is 8.48. The van der Waals surface area contributed by atoms with Crippen molar-refractivity contribution >= 4 is 0 Å². The fourth-order valence-electron chi connectivity index (χ4n) is 1.83. The van der Waals surface area contributed by atoms with Gasteiger partial charge in [0.15, 0.2) is 0 Å². The minimum absolute atomic E-state index is 0.370. The van der Waals surface area contributed by atoms with Crippen molar-refractivity contribution in [2.24, 2.45) is 0 Å². The summed E-state index contributed by atoms with van der Waals surface area (Å²) in [5.74, 6) is 0. The Bertz CT molecular complexity index is 170. The van der Waals surface area contributed by atoms with Gasteiger partial charge in [0.1, 0.15) is 12.2 Å². The lowest BCUT2D eigenvalue weighted by Gasteiger charge is -2.31. The average molecular weight is 176 g/mol. The Morgan fingerprint density at radius 1 is 1.67 bits per heavy atom. The van der Waals surface area contributed by atoms with Gasteiger partial charge in [-0.15, -0.1) is 0 Å². The van der Waals surface area contributed by atoms with Crippen LogP contribution in [0.4, 0.5) is 0 Å². The van der Waals surface area contributed by atoms with E-state index >= 15 is 0 Å². The van der Waals surface area contributed by atoms with E-state index in [0.717, 1.165) is 12.8 Å². The Labute approximate surface area is 75.1 Å². The van der Waals surface area contributed by atoms with Crippen LogP contribution in [0.2, 0.25) is 0 Å². The lowest BCUT2D eigenvalue weighted by atomic mass is 9.90. The maximum absolute atomic E-state index is 9.62. The first-order valence-corrected chi connectivity index (χ1v) is 4.42. The van der Waals surface area contributed by atoms with Gasteiger partial charge in [-0.1, -0.05) is 13.8 Å². The summed E-state index contributed by atoms with van der Waals surface area (Å²) in [5, 5.41) is 9.62. The van der Waals surface area contributed by atoms with Gasteiger partial charge in [-0.05, 0) is 12.8 Å². The third-order valence-electron chi connectivity index (χ3n) is 2.72. The number of hydrogen-bond donors (Lipinski definition) is 1. The van der Waals surface area contributed by atoms with Crippen LogP contribution in [0.3, 0.4) is 0 Å². The van der Waals surface area contributed by atoms with Crippen LogP contribution in [0.5, 0.6) is 0 Å². The molecule has 72 valence electrons. The molecule has 1 saturated heterocycles. The quantitative estimate of drug-likeness (QED) is 0.696. The smallest absolute Gasteiger partial charge is 0.114 e. The Kier molecular flexibility index (Phi) is 2.63. The normalized spacial score (nSPS) is 41.3. The molecule has 0 radical (unpaired) electrons. The van der Waals surface area contributed by atoms with Crippen LogP contribution in [0, 0.1) is 0 Å². The van der Waals surface area contributed by atoms with Crippen LogP contribution in [-0.2, 0) is 9.47 Å². The Hall–Kier alpha value is -0.120. The van der Waals surface area contributed by atoms with E-state index in [1.54, 1.807) is 7.11 Å².